The minimum absolute atomic E-state index is 0.0284. The van der Waals surface area contributed by atoms with Gasteiger partial charge in [0.15, 0.2) is 0 Å². The molecule has 0 aliphatic carbocycles. The lowest BCUT2D eigenvalue weighted by atomic mass is 10.0. The molecule has 0 aliphatic heterocycles. The van der Waals surface area contributed by atoms with Crippen LogP contribution in [0.15, 0.2) is 18.2 Å². The van der Waals surface area contributed by atoms with E-state index in [-0.39, 0.29) is 5.69 Å². The second kappa shape index (κ2) is 5.79. The summed E-state index contributed by atoms with van der Waals surface area (Å²) in [5, 5.41) is 22.2. The van der Waals surface area contributed by atoms with Crippen molar-refractivity contribution < 1.29 is 14.6 Å². The summed E-state index contributed by atoms with van der Waals surface area (Å²) in [6.45, 7) is 0.579. The van der Waals surface area contributed by atoms with Gasteiger partial charge < -0.3 is 21.3 Å². The standard InChI is InChI=1S/C11H17FN2O2/c1-14-5-4-10(15)11(16)7-2-3-9(13)8(12)6-7/h2-3,6,10-11,14-16H,4-5,13H2,1H3. The van der Waals surface area contributed by atoms with Gasteiger partial charge in [-0.15, -0.1) is 0 Å². The highest BCUT2D eigenvalue weighted by Crippen LogP contribution is 2.22. The largest absolute Gasteiger partial charge is 0.396 e. The minimum Gasteiger partial charge on any atom is -0.396 e. The molecular formula is C11H17FN2O2. The molecule has 2 unspecified atom stereocenters. The second-order valence-corrected chi connectivity index (χ2v) is 3.69. The van der Waals surface area contributed by atoms with Crippen LogP contribution >= 0.6 is 0 Å². The first kappa shape index (κ1) is 12.9. The average Bonchev–Trinajstić information content (AvgIpc) is 2.28. The molecule has 1 rings (SSSR count). The van der Waals surface area contributed by atoms with Gasteiger partial charge in [0.05, 0.1) is 11.8 Å². The predicted octanol–water partition coefficient (Wildman–Crippen LogP) is 0.412. The molecule has 0 aromatic heterocycles. The molecule has 5 N–H and O–H groups in total. The fraction of sp³-hybridized carbons (Fsp3) is 0.455. The van der Waals surface area contributed by atoms with Crippen molar-refractivity contribution in [2.75, 3.05) is 19.3 Å². The summed E-state index contributed by atoms with van der Waals surface area (Å²) in [7, 11) is 1.75. The number of nitrogens with two attached hydrogens (primary N) is 1. The van der Waals surface area contributed by atoms with E-state index in [4.69, 9.17) is 5.73 Å². The SMILES string of the molecule is CNCCC(O)C(O)c1ccc(N)c(F)c1. The van der Waals surface area contributed by atoms with E-state index >= 15 is 0 Å². The number of benzene rings is 1. The third kappa shape index (κ3) is 3.16. The van der Waals surface area contributed by atoms with Crippen LogP contribution in [0.3, 0.4) is 0 Å². The number of hydrogen-bond acceptors (Lipinski definition) is 4. The van der Waals surface area contributed by atoms with Gasteiger partial charge in [-0.05, 0) is 37.7 Å². The summed E-state index contributed by atoms with van der Waals surface area (Å²) < 4.78 is 13.1. The maximum Gasteiger partial charge on any atom is 0.146 e. The average molecular weight is 228 g/mol. The van der Waals surface area contributed by atoms with Crippen LogP contribution in [0.1, 0.15) is 18.1 Å². The molecular weight excluding hydrogens is 211 g/mol. The minimum atomic E-state index is -1.09. The highest BCUT2D eigenvalue weighted by atomic mass is 19.1. The van der Waals surface area contributed by atoms with Crippen LogP contribution in [0.4, 0.5) is 10.1 Å². The van der Waals surface area contributed by atoms with Crippen molar-refractivity contribution in [2.45, 2.75) is 18.6 Å². The molecule has 0 aliphatic rings. The van der Waals surface area contributed by atoms with E-state index < -0.39 is 18.0 Å². The van der Waals surface area contributed by atoms with Crippen molar-refractivity contribution in [1.29, 1.82) is 0 Å². The Morgan fingerprint density at radius 2 is 2.12 bits per heavy atom. The zero-order valence-electron chi connectivity index (χ0n) is 9.15. The van der Waals surface area contributed by atoms with E-state index in [9.17, 15) is 14.6 Å². The molecule has 4 nitrogen and oxygen atoms in total. The summed E-state index contributed by atoms with van der Waals surface area (Å²) in [5.41, 5.74) is 5.67. The number of aliphatic hydroxyl groups excluding tert-OH is 2. The predicted molar refractivity (Wildman–Crippen MR) is 60.3 cm³/mol. The molecule has 0 amide bonds. The lowest BCUT2D eigenvalue weighted by Gasteiger charge is -2.18. The van der Waals surface area contributed by atoms with Crippen LogP contribution in [-0.2, 0) is 0 Å². The number of nitrogen functional groups attached to an aromatic ring is 1. The monoisotopic (exact) mass is 228 g/mol. The fourth-order valence-electron chi connectivity index (χ4n) is 1.40. The Kier molecular flexibility index (Phi) is 4.67. The van der Waals surface area contributed by atoms with Gasteiger partial charge in [0.2, 0.25) is 0 Å². The number of aliphatic hydroxyl groups is 2. The Hall–Kier alpha value is -1.17. The van der Waals surface area contributed by atoms with E-state index in [0.717, 1.165) is 6.07 Å². The summed E-state index contributed by atoms with van der Waals surface area (Å²) in [4.78, 5) is 0. The maximum absolute atomic E-state index is 13.1. The Bertz CT molecular complexity index is 347. The molecule has 1 aromatic rings. The first-order valence-electron chi connectivity index (χ1n) is 5.12. The van der Waals surface area contributed by atoms with Crippen LogP contribution < -0.4 is 11.1 Å². The van der Waals surface area contributed by atoms with Gasteiger partial charge in [0, 0.05) is 0 Å². The number of hydrogen-bond donors (Lipinski definition) is 4. The molecule has 0 bridgehead atoms. The second-order valence-electron chi connectivity index (χ2n) is 3.69. The fourth-order valence-corrected chi connectivity index (χ4v) is 1.40. The third-order valence-electron chi connectivity index (χ3n) is 2.42. The third-order valence-corrected chi connectivity index (χ3v) is 2.42. The maximum atomic E-state index is 13.1. The quantitative estimate of drug-likeness (QED) is 0.550. The molecule has 0 saturated heterocycles. The zero-order valence-corrected chi connectivity index (χ0v) is 9.15. The van der Waals surface area contributed by atoms with Crippen molar-refractivity contribution in [3.8, 4) is 0 Å². The lowest BCUT2D eigenvalue weighted by Crippen LogP contribution is -2.23. The van der Waals surface area contributed by atoms with E-state index in [1.807, 2.05) is 0 Å². The van der Waals surface area contributed by atoms with Crippen molar-refractivity contribution in [3.63, 3.8) is 0 Å². The van der Waals surface area contributed by atoms with Crippen molar-refractivity contribution >= 4 is 5.69 Å². The molecule has 16 heavy (non-hydrogen) atoms. The summed E-state index contributed by atoms with van der Waals surface area (Å²) in [5.74, 6) is -0.586. The van der Waals surface area contributed by atoms with E-state index in [1.54, 1.807) is 7.05 Å². The van der Waals surface area contributed by atoms with Crippen LogP contribution in [-0.4, -0.2) is 29.9 Å². The number of anilines is 1. The number of nitrogens with one attached hydrogen (secondary N) is 1. The van der Waals surface area contributed by atoms with Crippen LogP contribution in [0.25, 0.3) is 0 Å². The van der Waals surface area contributed by atoms with Crippen LogP contribution in [0.5, 0.6) is 0 Å². The molecule has 2 atom stereocenters. The van der Waals surface area contributed by atoms with Crippen molar-refractivity contribution in [2.24, 2.45) is 0 Å². The van der Waals surface area contributed by atoms with Crippen molar-refractivity contribution in [3.05, 3.63) is 29.6 Å². The first-order valence-corrected chi connectivity index (χ1v) is 5.12. The normalized spacial score (nSPS) is 14.8. The molecule has 90 valence electrons. The number of rotatable bonds is 5. The topological polar surface area (TPSA) is 78.5 Å². The van der Waals surface area contributed by atoms with Gasteiger partial charge in [-0.2, -0.15) is 0 Å². The molecule has 0 spiro atoms. The van der Waals surface area contributed by atoms with Crippen molar-refractivity contribution in [1.82, 2.24) is 5.32 Å². The summed E-state index contributed by atoms with van der Waals surface area (Å²) in [6, 6.07) is 4.02. The Labute approximate surface area is 93.9 Å². The van der Waals surface area contributed by atoms with Gasteiger partial charge >= 0.3 is 0 Å². The van der Waals surface area contributed by atoms with Gasteiger partial charge in [-0.1, -0.05) is 6.07 Å². The van der Waals surface area contributed by atoms with Gasteiger partial charge in [0.25, 0.3) is 0 Å². The molecule has 0 fully saturated rings. The van der Waals surface area contributed by atoms with Gasteiger partial charge in [0.1, 0.15) is 11.9 Å². The Morgan fingerprint density at radius 3 is 2.69 bits per heavy atom. The highest BCUT2D eigenvalue weighted by molar-refractivity contribution is 5.41. The zero-order chi connectivity index (χ0) is 12.1. The molecule has 1 aromatic carbocycles. The molecule has 0 radical (unpaired) electrons. The smallest absolute Gasteiger partial charge is 0.146 e. The van der Waals surface area contributed by atoms with Gasteiger partial charge in [-0.25, -0.2) is 4.39 Å². The molecule has 5 heteroatoms. The Balaban J connectivity index is 2.71. The summed E-state index contributed by atoms with van der Waals surface area (Å²) in [6.07, 6.45) is -1.62. The highest BCUT2D eigenvalue weighted by Gasteiger charge is 2.18. The van der Waals surface area contributed by atoms with E-state index in [2.05, 4.69) is 5.32 Å². The molecule has 0 saturated carbocycles. The van der Waals surface area contributed by atoms with Crippen LogP contribution in [0.2, 0.25) is 0 Å². The van der Waals surface area contributed by atoms with Gasteiger partial charge in [-0.3, -0.25) is 0 Å². The molecule has 0 heterocycles. The Morgan fingerprint density at radius 1 is 1.44 bits per heavy atom. The first-order chi connectivity index (χ1) is 7.56. The van der Waals surface area contributed by atoms with E-state index in [0.29, 0.717) is 18.5 Å². The lowest BCUT2D eigenvalue weighted by molar-refractivity contribution is 0.0139. The van der Waals surface area contributed by atoms with Crippen LogP contribution in [0, 0.1) is 5.82 Å². The summed E-state index contributed by atoms with van der Waals surface area (Å²) >= 11 is 0. The van der Waals surface area contributed by atoms with E-state index in [1.165, 1.54) is 12.1 Å². The number of halogens is 1.